The van der Waals surface area contributed by atoms with Gasteiger partial charge in [-0.2, -0.15) is 5.26 Å². The molecule has 24 heavy (non-hydrogen) atoms. The van der Waals surface area contributed by atoms with E-state index in [0.29, 0.717) is 16.7 Å². The number of rotatable bonds is 4. The normalized spacial score (nSPS) is 10.2. The number of aromatic amines is 1. The number of benzene rings is 1. The van der Waals surface area contributed by atoms with Crippen molar-refractivity contribution in [3.05, 3.63) is 67.2 Å². The molecule has 0 radical (unpaired) electrons. The van der Waals surface area contributed by atoms with Crippen LogP contribution in [0.1, 0.15) is 27.0 Å². The Bertz CT molecular complexity index is 930. The van der Waals surface area contributed by atoms with E-state index in [0.717, 1.165) is 10.8 Å². The SMILES string of the molecule is Cc1cc(C(=O)NCCn2cc(C#N)c(=O)[nH]c2=O)cc(C)c1F. The van der Waals surface area contributed by atoms with E-state index in [1.54, 1.807) is 19.9 Å². The quantitative estimate of drug-likeness (QED) is 0.855. The third kappa shape index (κ3) is 3.57. The summed E-state index contributed by atoms with van der Waals surface area (Å²) in [5.41, 5.74) is -0.545. The van der Waals surface area contributed by atoms with Crippen LogP contribution in [0.2, 0.25) is 0 Å². The second-order valence-corrected chi connectivity index (χ2v) is 5.29. The van der Waals surface area contributed by atoms with Crippen molar-refractivity contribution in [2.45, 2.75) is 20.4 Å². The number of carbonyl (C=O) groups is 1. The van der Waals surface area contributed by atoms with Gasteiger partial charge in [0.2, 0.25) is 0 Å². The van der Waals surface area contributed by atoms with Crippen LogP contribution in [-0.4, -0.2) is 22.0 Å². The lowest BCUT2D eigenvalue weighted by atomic mass is 10.1. The molecule has 0 saturated carbocycles. The van der Waals surface area contributed by atoms with Crippen LogP contribution in [0.15, 0.2) is 27.9 Å². The molecule has 1 amide bonds. The molecule has 8 heteroatoms. The molecule has 0 fully saturated rings. The number of H-pyrrole nitrogens is 1. The van der Waals surface area contributed by atoms with Gasteiger partial charge < -0.3 is 5.32 Å². The van der Waals surface area contributed by atoms with Crippen molar-refractivity contribution in [1.82, 2.24) is 14.9 Å². The fourth-order valence-electron chi connectivity index (χ4n) is 2.22. The highest BCUT2D eigenvalue weighted by atomic mass is 19.1. The largest absolute Gasteiger partial charge is 0.350 e. The molecule has 0 atom stereocenters. The third-order valence-corrected chi connectivity index (χ3v) is 3.47. The van der Waals surface area contributed by atoms with Crippen molar-refractivity contribution in [1.29, 1.82) is 5.26 Å². The Balaban J connectivity index is 2.08. The maximum absolute atomic E-state index is 13.6. The van der Waals surface area contributed by atoms with Gasteiger partial charge in [-0.05, 0) is 37.1 Å². The molecule has 0 aliphatic heterocycles. The van der Waals surface area contributed by atoms with E-state index in [-0.39, 0.29) is 24.5 Å². The van der Waals surface area contributed by atoms with E-state index in [9.17, 15) is 18.8 Å². The number of aryl methyl sites for hydroxylation is 2. The highest BCUT2D eigenvalue weighted by Crippen LogP contribution is 2.14. The minimum Gasteiger partial charge on any atom is -0.350 e. The lowest BCUT2D eigenvalue weighted by molar-refractivity contribution is 0.0952. The summed E-state index contributed by atoms with van der Waals surface area (Å²) in [6.45, 7) is 3.32. The topological polar surface area (TPSA) is 108 Å². The van der Waals surface area contributed by atoms with Gasteiger partial charge in [-0.25, -0.2) is 9.18 Å². The smallest absolute Gasteiger partial charge is 0.328 e. The molecule has 1 heterocycles. The molecule has 0 spiro atoms. The summed E-state index contributed by atoms with van der Waals surface area (Å²) in [6.07, 6.45) is 1.14. The Morgan fingerprint density at radius 3 is 2.54 bits per heavy atom. The molecule has 0 aliphatic carbocycles. The van der Waals surface area contributed by atoms with Crippen molar-refractivity contribution in [2.24, 2.45) is 0 Å². The van der Waals surface area contributed by atoms with Gasteiger partial charge in [0.25, 0.3) is 11.5 Å². The van der Waals surface area contributed by atoms with E-state index < -0.39 is 17.2 Å². The number of hydrogen-bond acceptors (Lipinski definition) is 4. The second kappa shape index (κ2) is 6.91. The number of nitrogens with one attached hydrogen (secondary N) is 2. The maximum Gasteiger partial charge on any atom is 0.328 e. The van der Waals surface area contributed by atoms with E-state index in [1.807, 2.05) is 4.98 Å². The molecule has 2 aromatic rings. The highest BCUT2D eigenvalue weighted by Gasteiger charge is 2.11. The summed E-state index contributed by atoms with van der Waals surface area (Å²) in [5, 5.41) is 11.4. The first-order valence-corrected chi connectivity index (χ1v) is 7.12. The summed E-state index contributed by atoms with van der Waals surface area (Å²) in [6, 6.07) is 4.56. The van der Waals surface area contributed by atoms with Gasteiger partial charge in [-0.1, -0.05) is 0 Å². The Hall–Kier alpha value is -3.21. The third-order valence-electron chi connectivity index (χ3n) is 3.47. The summed E-state index contributed by atoms with van der Waals surface area (Å²) < 4.78 is 14.7. The number of hydrogen-bond donors (Lipinski definition) is 2. The number of amides is 1. The molecule has 124 valence electrons. The number of carbonyl (C=O) groups excluding carboxylic acids is 1. The molecular formula is C16H15FN4O3. The molecule has 0 bridgehead atoms. The lowest BCUT2D eigenvalue weighted by Crippen LogP contribution is -2.35. The first kappa shape index (κ1) is 17.1. The Labute approximate surface area is 136 Å². The number of nitrogens with zero attached hydrogens (tertiary/aromatic N) is 2. The van der Waals surface area contributed by atoms with Gasteiger partial charge in [-0.15, -0.1) is 0 Å². The summed E-state index contributed by atoms with van der Waals surface area (Å²) in [7, 11) is 0. The van der Waals surface area contributed by atoms with E-state index >= 15 is 0 Å². The average molecular weight is 330 g/mol. The standard InChI is InChI=1S/C16H15FN4O3/c1-9-5-11(6-10(2)13(9)17)14(22)19-3-4-21-8-12(7-18)15(23)20-16(21)24/h5-6,8H,3-4H2,1-2H3,(H,19,22)(H,20,23,24). The number of halogens is 1. The monoisotopic (exact) mass is 330 g/mol. The first-order valence-electron chi connectivity index (χ1n) is 7.12. The van der Waals surface area contributed by atoms with E-state index in [2.05, 4.69) is 5.32 Å². The molecule has 0 saturated heterocycles. The molecule has 1 aromatic heterocycles. The molecule has 0 unspecified atom stereocenters. The van der Waals surface area contributed by atoms with Gasteiger partial charge >= 0.3 is 5.69 Å². The summed E-state index contributed by atoms with van der Waals surface area (Å²) in [5.74, 6) is -0.755. The van der Waals surface area contributed by atoms with Gasteiger partial charge in [0.15, 0.2) is 0 Å². The van der Waals surface area contributed by atoms with Crippen molar-refractivity contribution in [2.75, 3.05) is 6.54 Å². The Morgan fingerprint density at radius 1 is 1.33 bits per heavy atom. The van der Waals surface area contributed by atoms with E-state index in [1.165, 1.54) is 12.1 Å². The van der Waals surface area contributed by atoms with Crippen molar-refractivity contribution >= 4 is 5.91 Å². The Kier molecular flexibility index (Phi) is 4.94. The Morgan fingerprint density at radius 2 is 1.96 bits per heavy atom. The summed E-state index contributed by atoms with van der Waals surface area (Å²) >= 11 is 0. The van der Waals surface area contributed by atoms with Gasteiger partial charge in [-0.3, -0.25) is 19.1 Å². The zero-order chi connectivity index (χ0) is 17.9. The van der Waals surface area contributed by atoms with Gasteiger partial charge in [0, 0.05) is 24.8 Å². The van der Waals surface area contributed by atoms with Crippen LogP contribution < -0.4 is 16.6 Å². The van der Waals surface area contributed by atoms with Crippen molar-refractivity contribution < 1.29 is 9.18 Å². The van der Waals surface area contributed by atoms with Crippen LogP contribution in [-0.2, 0) is 6.54 Å². The predicted octanol–water partition coefficient (Wildman–Crippen LogP) is 0.594. The van der Waals surface area contributed by atoms with Crippen LogP contribution >= 0.6 is 0 Å². The van der Waals surface area contributed by atoms with Crippen LogP contribution in [0.5, 0.6) is 0 Å². The number of aromatic nitrogens is 2. The molecule has 2 rings (SSSR count). The van der Waals surface area contributed by atoms with Crippen molar-refractivity contribution in [3.63, 3.8) is 0 Å². The fraction of sp³-hybridized carbons (Fsp3) is 0.250. The van der Waals surface area contributed by atoms with Crippen molar-refractivity contribution in [3.8, 4) is 6.07 Å². The lowest BCUT2D eigenvalue weighted by Gasteiger charge is -2.09. The van der Waals surface area contributed by atoms with Crippen LogP contribution in [0, 0.1) is 31.0 Å². The van der Waals surface area contributed by atoms with Crippen LogP contribution in [0.3, 0.4) is 0 Å². The molecule has 1 aromatic carbocycles. The zero-order valence-corrected chi connectivity index (χ0v) is 13.1. The molecule has 2 N–H and O–H groups in total. The summed E-state index contributed by atoms with van der Waals surface area (Å²) in [4.78, 5) is 37.0. The number of nitriles is 1. The maximum atomic E-state index is 13.6. The minimum absolute atomic E-state index is 0.0786. The second-order valence-electron chi connectivity index (χ2n) is 5.29. The minimum atomic E-state index is -0.750. The highest BCUT2D eigenvalue weighted by molar-refractivity contribution is 5.94. The molecule has 7 nitrogen and oxygen atoms in total. The van der Waals surface area contributed by atoms with E-state index in [4.69, 9.17) is 5.26 Å². The predicted molar refractivity (Wildman–Crippen MR) is 84.2 cm³/mol. The van der Waals surface area contributed by atoms with Crippen LogP contribution in [0.25, 0.3) is 0 Å². The van der Waals surface area contributed by atoms with Gasteiger partial charge in [0.1, 0.15) is 17.4 Å². The van der Waals surface area contributed by atoms with Crippen LogP contribution in [0.4, 0.5) is 4.39 Å². The average Bonchev–Trinajstić information content (AvgIpc) is 2.53. The van der Waals surface area contributed by atoms with Gasteiger partial charge in [0.05, 0.1) is 0 Å². The zero-order valence-electron chi connectivity index (χ0n) is 13.1. The molecular weight excluding hydrogens is 315 g/mol. The molecule has 0 aliphatic rings. The fourth-order valence-corrected chi connectivity index (χ4v) is 2.22. The first-order chi connectivity index (χ1) is 11.3.